The van der Waals surface area contributed by atoms with Gasteiger partial charge in [-0.05, 0) is 36.4 Å². The molecular weight excluding hydrogens is 288 g/mol. The van der Waals surface area contributed by atoms with Gasteiger partial charge in [-0.2, -0.15) is 0 Å². The summed E-state index contributed by atoms with van der Waals surface area (Å²) in [5.74, 6) is 0. The van der Waals surface area contributed by atoms with Crippen LogP contribution >= 0.6 is 22.7 Å². The van der Waals surface area contributed by atoms with Crippen molar-refractivity contribution in [1.82, 2.24) is 0 Å². The number of rotatable bonds is 6. The Hall–Kier alpha value is -1.78. The quantitative estimate of drug-likeness (QED) is 0.690. The zero-order chi connectivity index (χ0) is 14.2. The predicted octanol–water partition coefficient (Wildman–Crippen LogP) is 5.11. The molecule has 4 heteroatoms. The van der Waals surface area contributed by atoms with Crippen molar-refractivity contribution in [2.75, 3.05) is 14.2 Å². The van der Waals surface area contributed by atoms with Gasteiger partial charge < -0.3 is 9.47 Å². The third-order valence-corrected chi connectivity index (χ3v) is 4.48. The molecule has 0 unspecified atom stereocenters. The highest BCUT2D eigenvalue weighted by Gasteiger charge is 1.94. The van der Waals surface area contributed by atoms with Crippen LogP contribution in [0.2, 0.25) is 0 Å². The molecule has 20 heavy (non-hydrogen) atoms. The summed E-state index contributed by atoms with van der Waals surface area (Å²) in [5.41, 5.74) is 0. The Morgan fingerprint density at radius 2 is 1.15 bits per heavy atom. The van der Waals surface area contributed by atoms with E-state index in [2.05, 4.69) is 12.2 Å². The van der Waals surface area contributed by atoms with Gasteiger partial charge in [0.2, 0.25) is 0 Å². The average Bonchev–Trinajstić information content (AvgIpc) is 3.11. The van der Waals surface area contributed by atoms with E-state index in [0.717, 1.165) is 10.1 Å². The third-order valence-electron chi connectivity index (χ3n) is 2.46. The van der Waals surface area contributed by atoms with Crippen LogP contribution in [0, 0.1) is 0 Å². The van der Waals surface area contributed by atoms with Gasteiger partial charge in [-0.15, -0.1) is 0 Å². The fraction of sp³-hybridized carbons (Fsp3) is 0.125. The molecule has 2 rings (SSSR count). The summed E-state index contributed by atoms with van der Waals surface area (Å²) in [6, 6.07) is 8.03. The average molecular weight is 304 g/mol. The number of thiophene rings is 2. The molecule has 2 heterocycles. The zero-order valence-electron chi connectivity index (χ0n) is 11.4. The summed E-state index contributed by atoms with van der Waals surface area (Å²) in [7, 11) is 3.37. The first-order valence-electron chi connectivity index (χ1n) is 6.11. The highest BCUT2D eigenvalue weighted by atomic mass is 32.1. The molecule has 0 spiro atoms. The lowest BCUT2D eigenvalue weighted by atomic mass is 10.3. The van der Waals surface area contributed by atoms with Gasteiger partial charge in [0, 0.05) is 9.75 Å². The molecule has 0 N–H and O–H groups in total. The monoisotopic (exact) mass is 304 g/mol. The molecule has 0 saturated heterocycles. The van der Waals surface area contributed by atoms with Crippen LogP contribution in [-0.2, 0) is 0 Å². The van der Waals surface area contributed by atoms with Gasteiger partial charge in [-0.25, -0.2) is 0 Å². The molecule has 0 fully saturated rings. The number of ether oxygens (including phenoxy) is 2. The summed E-state index contributed by atoms with van der Waals surface area (Å²) in [6.45, 7) is 0. The molecule has 0 bridgehead atoms. The van der Waals surface area contributed by atoms with Crippen molar-refractivity contribution in [3.63, 3.8) is 0 Å². The molecule has 0 amide bonds. The van der Waals surface area contributed by atoms with Crippen molar-refractivity contribution in [3.8, 4) is 10.1 Å². The second kappa shape index (κ2) is 7.72. The van der Waals surface area contributed by atoms with E-state index >= 15 is 0 Å². The van der Waals surface area contributed by atoms with Crippen molar-refractivity contribution in [2.24, 2.45) is 0 Å². The SMILES string of the molecule is COc1ccc(/C=C/C=C/C=C/c2ccc(OC)s2)s1. The second-order valence-electron chi connectivity index (χ2n) is 3.82. The van der Waals surface area contributed by atoms with Gasteiger partial charge in [0.1, 0.15) is 0 Å². The van der Waals surface area contributed by atoms with E-state index < -0.39 is 0 Å². The normalized spacial score (nSPS) is 11.9. The maximum absolute atomic E-state index is 5.15. The first kappa shape index (κ1) is 14.6. The Bertz CT molecular complexity index is 564. The van der Waals surface area contributed by atoms with Gasteiger partial charge in [-0.1, -0.05) is 47.0 Å². The minimum Gasteiger partial charge on any atom is -0.487 e. The van der Waals surface area contributed by atoms with Crippen molar-refractivity contribution in [3.05, 3.63) is 58.3 Å². The van der Waals surface area contributed by atoms with Crippen molar-refractivity contribution in [1.29, 1.82) is 0 Å². The maximum Gasteiger partial charge on any atom is 0.173 e. The van der Waals surface area contributed by atoms with Crippen LogP contribution in [0.25, 0.3) is 12.2 Å². The van der Waals surface area contributed by atoms with Crippen molar-refractivity contribution >= 4 is 34.8 Å². The Balaban J connectivity index is 1.84. The topological polar surface area (TPSA) is 18.5 Å². The van der Waals surface area contributed by atoms with Crippen molar-refractivity contribution < 1.29 is 9.47 Å². The molecule has 0 atom stereocenters. The van der Waals surface area contributed by atoms with Gasteiger partial charge in [0.05, 0.1) is 14.2 Å². The fourth-order valence-corrected chi connectivity index (χ4v) is 2.97. The fourth-order valence-electron chi connectivity index (χ4n) is 1.50. The van der Waals surface area contributed by atoms with E-state index in [1.807, 2.05) is 48.6 Å². The van der Waals surface area contributed by atoms with Gasteiger partial charge in [0.15, 0.2) is 10.1 Å². The smallest absolute Gasteiger partial charge is 0.173 e. The molecule has 104 valence electrons. The van der Waals surface area contributed by atoms with Crippen LogP contribution in [-0.4, -0.2) is 14.2 Å². The Morgan fingerprint density at radius 1 is 0.700 bits per heavy atom. The van der Waals surface area contributed by atoms with Gasteiger partial charge in [-0.3, -0.25) is 0 Å². The first-order chi connectivity index (χ1) is 9.81. The number of hydrogen-bond donors (Lipinski definition) is 0. The highest BCUT2D eigenvalue weighted by molar-refractivity contribution is 7.15. The molecule has 2 aromatic heterocycles. The molecular formula is C16H16O2S2. The lowest BCUT2D eigenvalue weighted by Crippen LogP contribution is -1.73. The van der Waals surface area contributed by atoms with Crippen LogP contribution in [0.3, 0.4) is 0 Å². The van der Waals surface area contributed by atoms with Crippen LogP contribution in [0.15, 0.2) is 48.6 Å². The Kier molecular flexibility index (Phi) is 5.65. The van der Waals surface area contributed by atoms with E-state index in [0.29, 0.717) is 0 Å². The largest absolute Gasteiger partial charge is 0.487 e. The standard InChI is InChI=1S/C16H16O2S2/c1-17-15-11-9-13(19-15)7-5-3-4-6-8-14-10-12-16(18-2)20-14/h3-12H,1-2H3/b4-3+,7-5+,8-6+. The summed E-state index contributed by atoms with van der Waals surface area (Å²) < 4.78 is 10.3. The first-order valence-corrected chi connectivity index (χ1v) is 7.74. The van der Waals surface area contributed by atoms with Crippen LogP contribution in [0.5, 0.6) is 10.1 Å². The Morgan fingerprint density at radius 3 is 1.50 bits per heavy atom. The zero-order valence-corrected chi connectivity index (χ0v) is 13.0. The van der Waals surface area contributed by atoms with E-state index in [1.165, 1.54) is 9.75 Å². The number of hydrogen-bond acceptors (Lipinski definition) is 4. The van der Waals surface area contributed by atoms with E-state index in [-0.39, 0.29) is 0 Å². The van der Waals surface area contributed by atoms with Crippen LogP contribution in [0.4, 0.5) is 0 Å². The third kappa shape index (κ3) is 4.40. The lowest BCUT2D eigenvalue weighted by Gasteiger charge is -1.88. The van der Waals surface area contributed by atoms with E-state index in [4.69, 9.17) is 9.47 Å². The Labute approximate surface area is 127 Å². The van der Waals surface area contributed by atoms with Crippen molar-refractivity contribution in [2.45, 2.75) is 0 Å². The molecule has 0 aliphatic heterocycles. The molecule has 0 aliphatic carbocycles. The molecule has 0 aliphatic rings. The van der Waals surface area contributed by atoms with Crippen LogP contribution < -0.4 is 9.47 Å². The summed E-state index contributed by atoms with van der Waals surface area (Å²) in [5, 5.41) is 1.86. The summed E-state index contributed by atoms with van der Waals surface area (Å²) >= 11 is 3.25. The molecule has 0 radical (unpaired) electrons. The van der Waals surface area contributed by atoms with Gasteiger partial charge in [0.25, 0.3) is 0 Å². The molecule has 0 aromatic carbocycles. The van der Waals surface area contributed by atoms with Crippen LogP contribution in [0.1, 0.15) is 9.75 Å². The van der Waals surface area contributed by atoms with E-state index in [1.54, 1.807) is 36.9 Å². The van der Waals surface area contributed by atoms with Gasteiger partial charge >= 0.3 is 0 Å². The van der Waals surface area contributed by atoms with E-state index in [9.17, 15) is 0 Å². The number of allylic oxidation sites excluding steroid dienone is 4. The maximum atomic E-state index is 5.15. The lowest BCUT2D eigenvalue weighted by molar-refractivity contribution is 0.427. The molecule has 0 saturated carbocycles. The highest BCUT2D eigenvalue weighted by Crippen LogP contribution is 2.25. The predicted molar refractivity (Wildman–Crippen MR) is 89.0 cm³/mol. The molecule has 2 nitrogen and oxygen atoms in total. The minimum absolute atomic E-state index is 0.931. The number of methoxy groups -OCH3 is 2. The minimum atomic E-state index is 0.931. The summed E-state index contributed by atoms with van der Waals surface area (Å²) in [6.07, 6.45) is 12.2. The second-order valence-corrected chi connectivity index (χ2v) is 5.98. The molecule has 2 aromatic rings. The summed E-state index contributed by atoms with van der Waals surface area (Å²) in [4.78, 5) is 2.36.